The quantitative estimate of drug-likeness (QED) is 0.728. The lowest BCUT2D eigenvalue weighted by atomic mass is 10.1. The van der Waals surface area contributed by atoms with Crippen molar-refractivity contribution in [1.29, 1.82) is 0 Å². The summed E-state index contributed by atoms with van der Waals surface area (Å²) in [5, 5.41) is 21.9. The SMILES string of the molecule is Cc1cccc(NC2CC(=O)N(c3ccc(C(=O)O)c(O)c3)C2=O)c1C. The van der Waals surface area contributed by atoms with Crippen molar-refractivity contribution in [2.75, 3.05) is 10.2 Å². The minimum atomic E-state index is -1.29. The van der Waals surface area contributed by atoms with Gasteiger partial charge in [0.25, 0.3) is 5.91 Å². The molecule has 0 aromatic heterocycles. The van der Waals surface area contributed by atoms with E-state index in [1.807, 2.05) is 32.0 Å². The first-order valence-electron chi connectivity index (χ1n) is 8.05. The molecule has 2 amide bonds. The van der Waals surface area contributed by atoms with Gasteiger partial charge in [0.2, 0.25) is 5.91 Å². The van der Waals surface area contributed by atoms with Crippen LogP contribution in [0.1, 0.15) is 27.9 Å². The number of carbonyl (C=O) groups excluding carboxylic acids is 2. The first-order chi connectivity index (χ1) is 12.3. The van der Waals surface area contributed by atoms with Gasteiger partial charge in [-0.3, -0.25) is 9.59 Å². The van der Waals surface area contributed by atoms with Crippen LogP contribution in [0.4, 0.5) is 11.4 Å². The van der Waals surface area contributed by atoms with Crippen LogP contribution in [0.5, 0.6) is 5.75 Å². The summed E-state index contributed by atoms with van der Waals surface area (Å²) >= 11 is 0. The van der Waals surface area contributed by atoms with E-state index in [4.69, 9.17) is 5.11 Å². The summed E-state index contributed by atoms with van der Waals surface area (Å²) < 4.78 is 0. The number of aromatic carboxylic acids is 1. The van der Waals surface area contributed by atoms with E-state index in [2.05, 4.69) is 5.32 Å². The summed E-state index contributed by atoms with van der Waals surface area (Å²) in [6, 6.07) is 8.56. The second kappa shape index (κ2) is 6.51. The van der Waals surface area contributed by atoms with Gasteiger partial charge in [-0.05, 0) is 43.2 Å². The summed E-state index contributed by atoms with van der Waals surface area (Å²) in [5.41, 5.74) is 2.69. The Kier molecular flexibility index (Phi) is 4.38. The minimum absolute atomic E-state index is 0.0202. The predicted octanol–water partition coefficient (Wildman–Crippen LogP) is 2.45. The molecule has 1 fully saturated rings. The van der Waals surface area contributed by atoms with Crippen LogP contribution in [-0.2, 0) is 9.59 Å². The number of aromatic hydroxyl groups is 1. The molecule has 0 bridgehead atoms. The standard InChI is InChI=1S/C19H18N2O5/c1-10-4-3-5-14(11(10)2)20-15-9-17(23)21(18(15)24)12-6-7-13(19(25)26)16(22)8-12/h3-8,15,20,22H,9H2,1-2H3,(H,25,26). The number of amides is 2. The number of benzene rings is 2. The van der Waals surface area contributed by atoms with E-state index in [0.29, 0.717) is 0 Å². The van der Waals surface area contributed by atoms with E-state index in [1.54, 1.807) is 0 Å². The topological polar surface area (TPSA) is 107 Å². The second-order valence-corrected chi connectivity index (χ2v) is 6.22. The van der Waals surface area contributed by atoms with Crippen molar-refractivity contribution in [1.82, 2.24) is 0 Å². The zero-order valence-electron chi connectivity index (χ0n) is 14.3. The molecule has 1 aliphatic heterocycles. The molecule has 3 N–H and O–H groups in total. The lowest BCUT2D eigenvalue weighted by molar-refractivity contribution is -0.121. The summed E-state index contributed by atoms with van der Waals surface area (Å²) in [4.78, 5) is 37.0. The molecule has 2 aromatic carbocycles. The third kappa shape index (κ3) is 2.99. The molecular weight excluding hydrogens is 336 g/mol. The third-order valence-electron chi connectivity index (χ3n) is 4.55. The van der Waals surface area contributed by atoms with E-state index >= 15 is 0 Å². The largest absolute Gasteiger partial charge is 0.507 e. The number of hydrogen-bond acceptors (Lipinski definition) is 5. The highest BCUT2D eigenvalue weighted by atomic mass is 16.4. The molecule has 26 heavy (non-hydrogen) atoms. The first-order valence-corrected chi connectivity index (χ1v) is 8.05. The van der Waals surface area contributed by atoms with Gasteiger partial charge in [-0.25, -0.2) is 9.69 Å². The minimum Gasteiger partial charge on any atom is -0.507 e. The molecule has 7 heteroatoms. The van der Waals surface area contributed by atoms with Crippen LogP contribution in [-0.4, -0.2) is 34.0 Å². The lowest BCUT2D eigenvalue weighted by Crippen LogP contribution is -2.35. The van der Waals surface area contributed by atoms with Gasteiger partial charge in [-0.1, -0.05) is 12.1 Å². The fraction of sp³-hybridized carbons (Fsp3) is 0.211. The number of carbonyl (C=O) groups is 3. The molecule has 1 atom stereocenters. The molecule has 2 aromatic rings. The maximum atomic E-state index is 12.7. The number of hydrogen-bond donors (Lipinski definition) is 3. The first kappa shape index (κ1) is 17.5. The van der Waals surface area contributed by atoms with Gasteiger partial charge in [0.05, 0.1) is 12.1 Å². The van der Waals surface area contributed by atoms with Crippen molar-refractivity contribution in [2.45, 2.75) is 26.3 Å². The number of imide groups is 1. The van der Waals surface area contributed by atoms with Crippen molar-refractivity contribution in [3.8, 4) is 5.75 Å². The van der Waals surface area contributed by atoms with Gasteiger partial charge in [0, 0.05) is 11.8 Å². The van der Waals surface area contributed by atoms with Crippen LogP contribution in [0.15, 0.2) is 36.4 Å². The Bertz CT molecular complexity index is 922. The van der Waals surface area contributed by atoms with Crippen molar-refractivity contribution >= 4 is 29.2 Å². The molecule has 0 spiro atoms. The second-order valence-electron chi connectivity index (χ2n) is 6.22. The van der Waals surface area contributed by atoms with E-state index in [1.165, 1.54) is 12.1 Å². The van der Waals surface area contributed by atoms with Gasteiger partial charge < -0.3 is 15.5 Å². The summed E-state index contributed by atoms with van der Waals surface area (Å²) in [7, 11) is 0. The fourth-order valence-electron chi connectivity index (χ4n) is 2.95. The van der Waals surface area contributed by atoms with Gasteiger partial charge >= 0.3 is 5.97 Å². The zero-order chi connectivity index (χ0) is 19.0. The van der Waals surface area contributed by atoms with Crippen LogP contribution in [0.25, 0.3) is 0 Å². The van der Waals surface area contributed by atoms with Gasteiger partial charge in [0.15, 0.2) is 0 Å². The summed E-state index contributed by atoms with van der Waals surface area (Å²) in [6.45, 7) is 3.89. The molecule has 1 saturated heterocycles. The van der Waals surface area contributed by atoms with E-state index in [0.717, 1.165) is 27.8 Å². The van der Waals surface area contributed by atoms with Gasteiger partial charge in [0.1, 0.15) is 17.4 Å². The predicted molar refractivity (Wildman–Crippen MR) is 95.5 cm³/mol. The third-order valence-corrected chi connectivity index (χ3v) is 4.55. The lowest BCUT2D eigenvalue weighted by Gasteiger charge is -2.18. The number of aryl methyl sites for hydroxylation is 1. The molecule has 3 rings (SSSR count). The average molecular weight is 354 g/mol. The number of carboxylic acid groups (broad SMARTS) is 1. The fourth-order valence-corrected chi connectivity index (χ4v) is 2.95. The number of carboxylic acids is 1. The zero-order valence-corrected chi connectivity index (χ0v) is 14.3. The van der Waals surface area contributed by atoms with Gasteiger partial charge in [-0.15, -0.1) is 0 Å². The van der Waals surface area contributed by atoms with E-state index < -0.39 is 29.6 Å². The molecule has 1 aliphatic rings. The van der Waals surface area contributed by atoms with Crippen LogP contribution in [0, 0.1) is 13.8 Å². The molecule has 134 valence electrons. The van der Waals surface area contributed by atoms with Crippen molar-refractivity contribution in [2.24, 2.45) is 0 Å². The van der Waals surface area contributed by atoms with E-state index in [9.17, 15) is 19.5 Å². The number of nitrogens with zero attached hydrogens (tertiary/aromatic N) is 1. The molecule has 7 nitrogen and oxygen atoms in total. The Morgan fingerprint density at radius 2 is 1.92 bits per heavy atom. The van der Waals surface area contributed by atoms with E-state index in [-0.39, 0.29) is 17.7 Å². The molecular formula is C19H18N2O5. The van der Waals surface area contributed by atoms with Gasteiger partial charge in [-0.2, -0.15) is 0 Å². The highest BCUT2D eigenvalue weighted by Crippen LogP contribution is 2.30. The molecule has 0 saturated carbocycles. The van der Waals surface area contributed by atoms with Crippen LogP contribution in [0.3, 0.4) is 0 Å². The van der Waals surface area contributed by atoms with Crippen LogP contribution < -0.4 is 10.2 Å². The summed E-state index contributed by atoms with van der Waals surface area (Å²) in [6.07, 6.45) is -0.0202. The maximum absolute atomic E-state index is 12.7. The Morgan fingerprint density at radius 3 is 2.58 bits per heavy atom. The average Bonchev–Trinajstić information content (AvgIpc) is 2.85. The van der Waals surface area contributed by atoms with Crippen LogP contribution >= 0.6 is 0 Å². The molecule has 0 aliphatic carbocycles. The monoisotopic (exact) mass is 354 g/mol. The highest BCUT2D eigenvalue weighted by Gasteiger charge is 2.40. The number of rotatable bonds is 4. The van der Waals surface area contributed by atoms with Crippen molar-refractivity contribution < 1.29 is 24.6 Å². The maximum Gasteiger partial charge on any atom is 0.339 e. The Hall–Kier alpha value is -3.35. The number of phenols is 1. The number of anilines is 2. The smallest absolute Gasteiger partial charge is 0.339 e. The summed E-state index contributed by atoms with van der Waals surface area (Å²) in [5.74, 6) is -2.65. The Balaban J connectivity index is 1.86. The molecule has 1 unspecified atom stereocenters. The molecule has 0 radical (unpaired) electrons. The Morgan fingerprint density at radius 1 is 1.19 bits per heavy atom. The highest BCUT2D eigenvalue weighted by molar-refractivity contribution is 6.23. The van der Waals surface area contributed by atoms with Crippen molar-refractivity contribution in [3.63, 3.8) is 0 Å². The van der Waals surface area contributed by atoms with Crippen LogP contribution in [0.2, 0.25) is 0 Å². The number of nitrogens with one attached hydrogen (secondary N) is 1. The molecule has 1 heterocycles. The Labute approximate surface area is 149 Å². The van der Waals surface area contributed by atoms with Crippen molar-refractivity contribution in [3.05, 3.63) is 53.1 Å². The normalized spacial score (nSPS) is 16.8.